The van der Waals surface area contributed by atoms with Crippen molar-refractivity contribution in [3.63, 3.8) is 0 Å². The van der Waals surface area contributed by atoms with Crippen molar-refractivity contribution < 1.29 is 14.4 Å². The Morgan fingerprint density at radius 1 is 1.13 bits per heavy atom. The molecule has 2 aromatic heterocycles. The van der Waals surface area contributed by atoms with Gasteiger partial charge in [-0.15, -0.1) is 0 Å². The molecule has 0 spiro atoms. The summed E-state index contributed by atoms with van der Waals surface area (Å²) in [5.41, 5.74) is 1.66. The first kappa shape index (κ1) is 18.3. The van der Waals surface area contributed by atoms with Crippen molar-refractivity contribution in [1.82, 2.24) is 20.0 Å². The molecule has 30 heavy (non-hydrogen) atoms. The van der Waals surface area contributed by atoms with Gasteiger partial charge in [0, 0.05) is 37.2 Å². The van der Waals surface area contributed by atoms with Crippen LogP contribution < -0.4 is 5.56 Å². The van der Waals surface area contributed by atoms with E-state index in [4.69, 9.17) is 4.52 Å². The summed E-state index contributed by atoms with van der Waals surface area (Å²) in [6.45, 7) is 0.452. The second-order valence-corrected chi connectivity index (χ2v) is 7.43. The largest absolute Gasteiger partial charge is 0.373 e. The van der Waals surface area contributed by atoms with E-state index in [9.17, 15) is 14.7 Å². The number of nitrogens with one attached hydrogen (secondary N) is 1. The summed E-state index contributed by atoms with van der Waals surface area (Å²) in [6, 6.07) is 14.6. The predicted molar refractivity (Wildman–Crippen MR) is 109 cm³/mol. The molecule has 4 aromatic rings. The molecule has 0 aliphatic carbocycles. The average Bonchev–Trinajstić information content (AvgIpc) is 3.36. The van der Waals surface area contributed by atoms with Crippen LogP contribution in [0.2, 0.25) is 0 Å². The Bertz CT molecular complexity index is 1340. The van der Waals surface area contributed by atoms with E-state index in [0.717, 1.165) is 16.7 Å². The van der Waals surface area contributed by atoms with Crippen molar-refractivity contribution in [3.8, 4) is 22.4 Å². The fourth-order valence-corrected chi connectivity index (χ4v) is 3.87. The summed E-state index contributed by atoms with van der Waals surface area (Å²) in [5, 5.41) is 15.4. The molecule has 8 nitrogen and oxygen atoms in total. The summed E-state index contributed by atoms with van der Waals surface area (Å²) in [7, 11) is 1.64. The molecule has 3 heterocycles. The van der Waals surface area contributed by atoms with Gasteiger partial charge in [0.2, 0.25) is 5.60 Å². The quantitative estimate of drug-likeness (QED) is 0.544. The normalized spacial score (nSPS) is 19.0. The van der Waals surface area contributed by atoms with Gasteiger partial charge in [0.25, 0.3) is 11.5 Å². The highest BCUT2D eigenvalue weighted by atomic mass is 16.5. The Labute approximate surface area is 170 Å². The third-order valence-electron chi connectivity index (χ3n) is 5.57. The lowest BCUT2D eigenvalue weighted by Crippen LogP contribution is -2.35. The van der Waals surface area contributed by atoms with Crippen molar-refractivity contribution in [2.24, 2.45) is 0 Å². The number of aliphatic hydroxyl groups is 1. The zero-order valence-corrected chi connectivity index (χ0v) is 16.1. The molecule has 150 valence electrons. The summed E-state index contributed by atoms with van der Waals surface area (Å²) in [4.78, 5) is 32.8. The lowest BCUT2D eigenvalue weighted by Gasteiger charge is -2.16. The van der Waals surface area contributed by atoms with Gasteiger partial charge in [-0.05, 0) is 17.7 Å². The number of carbonyl (C=O) groups excluding carboxylic acids is 1. The number of likely N-dealkylation sites (tertiary alicyclic amines) is 1. The average molecular weight is 402 g/mol. The van der Waals surface area contributed by atoms with Gasteiger partial charge in [-0.3, -0.25) is 9.59 Å². The van der Waals surface area contributed by atoms with Crippen LogP contribution in [0.3, 0.4) is 0 Å². The number of aromatic nitrogens is 3. The molecule has 1 atom stereocenters. The number of rotatable bonds is 3. The molecular formula is C22H18N4O4. The topological polar surface area (TPSA) is 112 Å². The number of benzene rings is 2. The zero-order valence-electron chi connectivity index (χ0n) is 16.1. The van der Waals surface area contributed by atoms with Crippen molar-refractivity contribution in [1.29, 1.82) is 0 Å². The number of para-hydroxylation sites is 1. The molecule has 5 rings (SSSR count). The third kappa shape index (κ3) is 2.73. The Morgan fingerprint density at radius 3 is 2.73 bits per heavy atom. The fraction of sp³-hybridized carbons (Fsp3) is 0.182. The van der Waals surface area contributed by atoms with Crippen LogP contribution in [0.25, 0.3) is 33.3 Å². The molecule has 0 radical (unpaired) electrons. The number of nitrogens with zero attached hydrogens (tertiary/aromatic N) is 3. The van der Waals surface area contributed by atoms with Crippen molar-refractivity contribution in [3.05, 3.63) is 71.0 Å². The van der Waals surface area contributed by atoms with Gasteiger partial charge >= 0.3 is 0 Å². The predicted octanol–water partition coefficient (Wildman–Crippen LogP) is 2.29. The van der Waals surface area contributed by atoms with Crippen molar-refractivity contribution in [2.45, 2.75) is 12.0 Å². The van der Waals surface area contributed by atoms with E-state index in [0.29, 0.717) is 23.1 Å². The van der Waals surface area contributed by atoms with Crippen LogP contribution >= 0.6 is 0 Å². The SMILES string of the molecule is CN1CCC(O)(c2cc(-c3cccc(-c4cccc5c(=O)[nH]cnc45)c3)no2)C1=O. The number of hydrogen-bond acceptors (Lipinski definition) is 6. The van der Waals surface area contributed by atoms with Crippen LogP contribution in [0.4, 0.5) is 0 Å². The van der Waals surface area contributed by atoms with Crippen LogP contribution in [-0.4, -0.2) is 44.6 Å². The monoisotopic (exact) mass is 402 g/mol. The number of carbonyl (C=O) groups is 1. The first-order valence-corrected chi connectivity index (χ1v) is 9.50. The maximum absolute atomic E-state index is 12.3. The number of amides is 1. The van der Waals surface area contributed by atoms with E-state index >= 15 is 0 Å². The van der Waals surface area contributed by atoms with Crippen LogP contribution in [0.5, 0.6) is 0 Å². The van der Waals surface area contributed by atoms with E-state index in [2.05, 4.69) is 15.1 Å². The molecular weight excluding hydrogens is 384 g/mol. The molecule has 1 amide bonds. The lowest BCUT2D eigenvalue weighted by molar-refractivity contribution is -0.144. The number of aromatic amines is 1. The Morgan fingerprint density at radius 2 is 1.93 bits per heavy atom. The van der Waals surface area contributed by atoms with Crippen LogP contribution in [0.1, 0.15) is 12.2 Å². The molecule has 8 heteroatoms. The van der Waals surface area contributed by atoms with E-state index in [1.54, 1.807) is 19.2 Å². The second kappa shape index (κ2) is 6.64. The number of fused-ring (bicyclic) bond motifs is 1. The minimum absolute atomic E-state index is 0.135. The van der Waals surface area contributed by atoms with Gasteiger partial charge < -0.3 is 19.5 Å². The fourth-order valence-electron chi connectivity index (χ4n) is 3.87. The molecule has 1 saturated heterocycles. The standard InChI is InChI=1S/C22H18N4O4/c1-26-9-8-22(29,21(26)28)18-11-17(25-30-18)14-5-2-4-13(10-14)15-6-3-7-16-19(15)23-12-24-20(16)27/h2-7,10-12,29H,8-9H2,1H3,(H,23,24,27). The second-order valence-electron chi connectivity index (χ2n) is 7.43. The molecule has 0 bridgehead atoms. The van der Waals surface area contributed by atoms with E-state index in [1.807, 2.05) is 36.4 Å². The highest BCUT2D eigenvalue weighted by Crippen LogP contribution is 2.35. The van der Waals surface area contributed by atoms with Gasteiger partial charge in [0.15, 0.2) is 5.76 Å². The van der Waals surface area contributed by atoms with Gasteiger partial charge in [-0.2, -0.15) is 0 Å². The Hall–Kier alpha value is -3.78. The number of H-pyrrole nitrogens is 1. The van der Waals surface area contributed by atoms with Crippen LogP contribution in [0.15, 0.2) is 64.2 Å². The highest BCUT2D eigenvalue weighted by molar-refractivity contribution is 5.93. The molecule has 2 aromatic carbocycles. The van der Waals surface area contributed by atoms with Gasteiger partial charge in [0.05, 0.1) is 17.2 Å². The highest BCUT2D eigenvalue weighted by Gasteiger charge is 2.48. The van der Waals surface area contributed by atoms with E-state index < -0.39 is 11.5 Å². The molecule has 1 unspecified atom stereocenters. The van der Waals surface area contributed by atoms with Gasteiger partial charge in [-0.1, -0.05) is 35.5 Å². The zero-order chi connectivity index (χ0) is 20.9. The smallest absolute Gasteiger partial charge is 0.262 e. The molecule has 1 aliphatic heterocycles. The summed E-state index contributed by atoms with van der Waals surface area (Å²) >= 11 is 0. The molecule has 2 N–H and O–H groups in total. The Kier molecular flexibility index (Phi) is 4.04. The van der Waals surface area contributed by atoms with Crippen molar-refractivity contribution >= 4 is 16.8 Å². The summed E-state index contributed by atoms with van der Waals surface area (Å²) in [5.74, 6) is -0.262. The number of hydrogen-bond donors (Lipinski definition) is 2. The Balaban J connectivity index is 1.56. The van der Waals surface area contributed by atoms with Gasteiger partial charge in [-0.25, -0.2) is 4.98 Å². The molecule has 0 saturated carbocycles. The molecule has 1 aliphatic rings. The summed E-state index contributed by atoms with van der Waals surface area (Å²) < 4.78 is 5.35. The first-order valence-electron chi connectivity index (χ1n) is 9.50. The lowest BCUT2D eigenvalue weighted by atomic mass is 9.97. The third-order valence-corrected chi connectivity index (χ3v) is 5.57. The number of likely N-dealkylation sites (N-methyl/N-ethyl adjacent to an activating group) is 1. The minimum Gasteiger partial charge on any atom is -0.373 e. The van der Waals surface area contributed by atoms with Crippen LogP contribution in [0, 0.1) is 0 Å². The summed E-state index contributed by atoms with van der Waals surface area (Å²) in [6.07, 6.45) is 1.64. The van der Waals surface area contributed by atoms with E-state index in [-0.39, 0.29) is 17.7 Å². The first-order chi connectivity index (χ1) is 14.5. The minimum atomic E-state index is -1.68. The maximum atomic E-state index is 12.3. The molecule has 1 fully saturated rings. The van der Waals surface area contributed by atoms with Crippen LogP contribution in [-0.2, 0) is 10.4 Å². The van der Waals surface area contributed by atoms with E-state index in [1.165, 1.54) is 11.2 Å². The van der Waals surface area contributed by atoms with Crippen molar-refractivity contribution in [2.75, 3.05) is 13.6 Å². The maximum Gasteiger partial charge on any atom is 0.262 e. The van der Waals surface area contributed by atoms with Gasteiger partial charge in [0.1, 0.15) is 5.69 Å².